The Kier molecular flexibility index (Phi) is 8.87. The first-order valence-corrected chi connectivity index (χ1v) is 12.0. The predicted octanol–water partition coefficient (Wildman–Crippen LogP) is 5.05. The number of nitrogens with one attached hydrogen (secondary N) is 3. The fraction of sp³-hybridized carbons (Fsp3) is 0.423. The van der Waals surface area contributed by atoms with Crippen LogP contribution in [-0.4, -0.2) is 36.0 Å². The molecular weight excluding hydrogens is 450 g/mol. The van der Waals surface area contributed by atoms with Crippen LogP contribution in [0.25, 0.3) is 11.1 Å². The smallest absolute Gasteiger partial charge is 0.413 e. The average Bonchev–Trinajstić information content (AvgIpc) is 3.15. The van der Waals surface area contributed by atoms with E-state index >= 15 is 0 Å². The van der Waals surface area contributed by atoms with Gasteiger partial charge in [-0.2, -0.15) is 0 Å². The van der Waals surface area contributed by atoms with Crippen molar-refractivity contribution < 1.29 is 19.1 Å². The van der Waals surface area contributed by atoms with E-state index in [2.05, 4.69) is 46.3 Å². The lowest BCUT2D eigenvalue weighted by molar-refractivity contribution is 0.0562. The van der Waals surface area contributed by atoms with Gasteiger partial charge in [-0.05, 0) is 86.5 Å². The Hall–Kier alpha value is -3.13. The molecule has 2 aromatic rings. The second kappa shape index (κ2) is 11.8. The van der Waals surface area contributed by atoms with E-state index in [-0.39, 0.29) is 11.7 Å². The lowest BCUT2D eigenvalue weighted by Crippen LogP contribution is -2.42. The van der Waals surface area contributed by atoms with Crippen molar-refractivity contribution in [2.24, 2.45) is 0 Å². The highest BCUT2D eigenvalue weighted by atomic mass is 32.1. The summed E-state index contributed by atoms with van der Waals surface area (Å²) in [5, 5.41) is 8.51. The summed E-state index contributed by atoms with van der Waals surface area (Å²) in [6, 6.07) is 14.6. The highest BCUT2D eigenvalue weighted by Gasteiger charge is 2.21. The van der Waals surface area contributed by atoms with Crippen LogP contribution in [0.4, 0.5) is 9.59 Å². The molecule has 0 radical (unpaired) electrons. The molecule has 0 aliphatic heterocycles. The number of rotatable bonds is 8. The molecule has 2 amide bonds. The van der Waals surface area contributed by atoms with Crippen LogP contribution in [-0.2, 0) is 22.5 Å². The minimum atomic E-state index is -0.572. The molecule has 1 aliphatic carbocycles. The van der Waals surface area contributed by atoms with E-state index in [9.17, 15) is 9.59 Å². The largest absolute Gasteiger partial charge is 0.445 e. The molecule has 8 heteroatoms. The van der Waals surface area contributed by atoms with Crippen molar-refractivity contribution in [3.63, 3.8) is 0 Å². The number of alkyl carbamates (subject to hydrolysis) is 2. The van der Waals surface area contributed by atoms with Gasteiger partial charge >= 0.3 is 12.2 Å². The summed E-state index contributed by atoms with van der Waals surface area (Å²) in [6.07, 6.45) is 2.46. The van der Waals surface area contributed by atoms with Gasteiger partial charge in [0.05, 0.1) is 0 Å². The van der Waals surface area contributed by atoms with Crippen LogP contribution in [0.5, 0.6) is 0 Å². The average molecular weight is 484 g/mol. The Morgan fingerprint density at radius 3 is 2.38 bits per heavy atom. The van der Waals surface area contributed by atoms with Crippen molar-refractivity contribution in [1.29, 1.82) is 0 Å². The highest BCUT2D eigenvalue weighted by molar-refractivity contribution is 7.80. The second-order valence-electron chi connectivity index (χ2n) is 9.22. The lowest BCUT2D eigenvalue weighted by Gasteiger charge is -2.20. The molecule has 182 valence electrons. The summed E-state index contributed by atoms with van der Waals surface area (Å²) >= 11 is 5.08. The molecule has 0 heterocycles. The van der Waals surface area contributed by atoms with Gasteiger partial charge in [0.25, 0.3) is 0 Å². The summed E-state index contributed by atoms with van der Waals surface area (Å²) in [5.74, 6) is 0. The van der Waals surface area contributed by atoms with Gasteiger partial charge in [0.1, 0.15) is 12.2 Å². The molecule has 0 atom stereocenters. The molecule has 0 spiro atoms. The molecule has 34 heavy (non-hydrogen) atoms. The normalized spacial score (nSPS) is 11.7. The Bertz CT molecular complexity index is 1030. The number of thiocarbonyl (C=S) groups is 1. The molecule has 0 unspecified atom stereocenters. The molecule has 3 rings (SSSR count). The predicted molar refractivity (Wildman–Crippen MR) is 137 cm³/mol. The molecule has 0 bridgehead atoms. The van der Waals surface area contributed by atoms with Crippen LogP contribution >= 0.6 is 12.2 Å². The van der Waals surface area contributed by atoms with E-state index in [1.54, 1.807) is 20.8 Å². The maximum atomic E-state index is 12.1. The second-order valence-corrected chi connectivity index (χ2v) is 9.63. The van der Waals surface area contributed by atoms with Crippen molar-refractivity contribution in [2.45, 2.75) is 58.7 Å². The third kappa shape index (κ3) is 7.73. The van der Waals surface area contributed by atoms with Gasteiger partial charge in [0.15, 0.2) is 5.11 Å². The van der Waals surface area contributed by atoms with Crippen LogP contribution in [0.15, 0.2) is 42.5 Å². The summed E-state index contributed by atoms with van der Waals surface area (Å²) in [6.45, 7) is 6.80. The Balaban J connectivity index is 1.27. The Labute approximate surface area is 206 Å². The minimum Gasteiger partial charge on any atom is -0.445 e. The molecule has 1 aliphatic rings. The number of hydrogen-bond donors (Lipinski definition) is 3. The van der Waals surface area contributed by atoms with Crippen molar-refractivity contribution in [1.82, 2.24) is 16.0 Å². The standard InChI is InChI=1S/C26H33N3O4S/c1-26(2,3)33-25(31)29-23(34)27-14-7-4-8-15-28-24(30)32-17-19-11-9-13-21-20-12-6-5-10-18(20)16-22(19)21/h5-6,9-13H,4,7-8,14-17H2,1-3H3,(H,28,30)(H2,27,29,31,34). The highest BCUT2D eigenvalue weighted by Crippen LogP contribution is 2.38. The summed E-state index contributed by atoms with van der Waals surface area (Å²) in [5.41, 5.74) is 5.52. The van der Waals surface area contributed by atoms with Gasteiger partial charge in [-0.15, -0.1) is 0 Å². The number of unbranched alkanes of at least 4 members (excludes halogenated alkanes) is 2. The molecule has 0 saturated carbocycles. The summed E-state index contributed by atoms with van der Waals surface area (Å²) < 4.78 is 10.6. The summed E-state index contributed by atoms with van der Waals surface area (Å²) in [7, 11) is 0. The number of carbonyl (C=O) groups excluding carboxylic acids is 2. The summed E-state index contributed by atoms with van der Waals surface area (Å²) in [4.78, 5) is 23.7. The van der Waals surface area contributed by atoms with Crippen molar-refractivity contribution in [3.05, 3.63) is 59.2 Å². The molecule has 0 fully saturated rings. The van der Waals surface area contributed by atoms with Crippen LogP contribution in [0.2, 0.25) is 0 Å². The van der Waals surface area contributed by atoms with Gasteiger partial charge in [-0.3, -0.25) is 5.32 Å². The number of benzene rings is 2. The monoisotopic (exact) mass is 483 g/mol. The molecule has 2 aromatic carbocycles. The number of amides is 2. The van der Waals surface area contributed by atoms with E-state index < -0.39 is 17.8 Å². The molecular formula is C26H33N3O4S. The van der Waals surface area contributed by atoms with Gasteiger partial charge in [-0.1, -0.05) is 42.5 Å². The Morgan fingerprint density at radius 1 is 0.912 bits per heavy atom. The van der Waals surface area contributed by atoms with Gasteiger partial charge < -0.3 is 20.1 Å². The van der Waals surface area contributed by atoms with E-state index in [0.29, 0.717) is 13.1 Å². The van der Waals surface area contributed by atoms with Crippen LogP contribution < -0.4 is 16.0 Å². The van der Waals surface area contributed by atoms with Gasteiger partial charge in [0, 0.05) is 13.1 Å². The van der Waals surface area contributed by atoms with Gasteiger partial charge in [-0.25, -0.2) is 9.59 Å². The first-order chi connectivity index (χ1) is 16.2. The van der Waals surface area contributed by atoms with Crippen molar-refractivity contribution in [3.8, 4) is 11.1 Å². The number of ether oxygens (including phenoxy) is 2. The molecule has 0 aromatic heterocycles. The van der Waals surface area contributed by atoms with E-state index in [4.69, 9.17) is 21.7 Å². The van der Waals surface area contributed by atoms with Crippen LogP contribution in [0.3, 0.4) is 0 Å². The fourth-order valence-corrected chi connectivity index (χ4v) is 4.00. The maximum Gasteiger partial charge on any atom is 0.413 e. The van der Waals surface area contributed by atoms with Crippen LogP contribution in [0, 0.1) is 0 Å². The van der Waals surface area contributed by atoms with Gasteiger partial charge in [0.2, 0.25) is 0 Å². The zero-order valence-corrected chi connectivity index (χ0v) is 20.8. The van der Waals surface area contributed by atoms with Crippen LogP contribution in [0.1, 0.15) is 56.7 Å². The number of fused-ring (bicyclic) bond motifs is 3. The maximum absolute atomic E-state index is 12.1. The van der Waals surface area contributed by atoms with E-state index in [1.165, 1.54) is 22.3 Å². The topological polar surface area (TPSA) is 88.7 Å². The zero-order valence-electron chi connectivity index (χ0n) is 20.0. The lowest BCUT2D eigenvalue weighted by atomic mass is 10.0. The quantitative estimate of drug-likeness (QED) is 0.307. The Morgan fingerprint density at radius 2 is 1.62 bits per heavy atom. The fourth-order valence-electron chi connectivity index (χ4n) is 3.81. The third-order valence-electron chi connectivity index (χ3n) is 5.33. The molecule has 0 saturated heterocycles. The third-order valence-corrected chi connectivity index (χ3v) is 5.58. The zero-order chi connectivity index (χ0) is 24.6. The van der Waals surface area contributed by atoms with E-state index in [1.807, 2.05) is 12.1 Å². The first-order valence-electron chi connectivity index (χ1n) is 11.6. The molecule has 7 nitrogen and oxygen atoms in total. The minimum absolute atomic E-state index is 0.242. The SMILES string of the molecule is CC(C)(C)OC(=O)NC(=S)NCCCCCNC(=O)OCc1cccc2c1Cc1ccccc1-2. The van der Waals surface area contributed by atoms with Crippen molar-refractivity contribution in [2.75, 3.05) is 13.1 Å². The van der Waals surface area contributed by atoms with Crippen molar-refractivity contribution >= 4 is 29.5 Å². The first kappa shape index (κ1) is 25.5. The molecule has 3 N–H and O–H groups in total. The number of hydrogen-bond acceptors (Lipinski definition) is 5. The van der Waals surface area contributed by atoms with E-state index in [0.717, 1.165) is 31.2 Å². The number of carbonyl (C=O) groups is 2.